The minimum Gasteiger partial charge on any atom is -0.498 e. The summed E-state index contributed by atoms with van der Waals surface area (Å²) in [6, 6.07) is 9.05. The quantitative estimate of drug-likeness (QED) is 0.398. The summed E-state index contributed by atoms with van der Waals surface area (Å²) in [4.78, 5) is 38.0. The van der Waals surface area contributed by atoms with Crippen molar-refractivity contribution in [3.8, 4) is 0 Å². The number of allylic oxidation sites excluding steroid dienone is 2. The van der Waals surface area contributed by atoms with E-state index in [1.165, 1.54) is 0 Å². The Hall–Kier alpha value is -2.41. The van der Waals surface area contributed by atoms with Crippen molar-refractivity contribution < 1.29 is 23.7 Å². The maximum atomic E-state index is 12.4. The summed E-state index contributed by atoms with van der Waals surface area (Å²) in [6.45, 7) is 2.11. The van der Waals surface area contributed by atoms with Crippen molar-refractivity contribution in [2.24, 2.45) is 0 Å². The van der Waals surface area contributed by atoms with Crippen LogP contribution >= 0.6 is 0 Å². The van der Waals surface area contributed by atoms with Gasteiger partial charge in [-0.1, -0.05) is 55.8 Å². The highest BCUT2D eigenvalue weighted by molar-refractivity contribution is 6.51. The summed E-state index contributed by atoms with van der Waals surface area (Å²) < 4.78 is 10.8. The highest BCUT2D eigenvalue weighted by Crippen LogP contribution is 2.24. The third-order valence-electron chi connectivity index (χ3n) is 4.28. The molecule has 1 aliphatic rings. The topological polar surface area (TPSA) is 72.9 Å². The smallest absolute Gasteiger partial charge is 0.498 e. The third-order valence-corrected chi connectivity index (χ3v) is 4.28. The third kappa shape index (κ3) is 7.02. The van der Waals surface area contributed by atoms with Crippen LogP contribution < -0.4 is 0 Å². The number of nitrogens with zero attached hydrogens (tertiary/aromatic N) is 1. The number of hydrogen-bond acceptors (Lipinski definition) is 6. The van der Waals surface area contributed by atoms with Gasteiger partial charge in [-0.25, -0.2) is 0 Å². The molecule has 1 unspecified atom stereocenters. The van der Waals surface area contributed by atoms with Gasteiger partial charge in [-0.2, -0.15) is 0 Å². The van der Waals surface area contributed by atoms with E-state index in [2.05, 4.69) is 6.92 Å². The summed E-state index contributed by atoms with van der Waals surface area (Å²) >= 11 is 0. The summed E-state index contributed by atoms with van der Waals surface area (Å²) in [5, 5.41) is 0. The van der Waals surface area contributed by atoms with Crippen molar-refractivity contribution in [2.45, 2.75) is 38.4 Å². The lowest BCUT2D eigenvalue weighted by molar-refractivity contribution is -0.145. The molecule has 1 saturated heterocycles. The highest BCUT2D eigenvalue weighted by Gasteiger charge is 2.38. The van der Waals surface area contributed by atoms with E-state index in [9.17, 15) is 14.4 Å². The Labute approximate surface area is 160 Å². The fourth-order valence-electron chi connectivity index (χ4n) is 2.86. The summed E-state index contributed by atoms with van der Waals surface area (Å²) in [7, 11) is 0.649. The Morgan fingerprint density at radius 1 is 1.19 bits per heavy atom. The molecule has 1 atom stereocenters. The first-order chi connectivity index (χ1) is 13.0. The molecular weight excluding hydrogens is 345 g/mol. The molecule has 27 heavy (non-hydrogen) atoms. The normalized spacial score (nSPS) is 17.2. The Bertz CT molecular complexity index is 656. The van der Waals surface area contributed by atoms with Gasteiger partial charge in [0.05, 0.1) is 13.1 Å². The maximum Gasteiger partial charge on any atom is 0.605 e. The molecule has 6 nitrogen and oxygen atoms in total. The monoisotopic (exact) mass is 371 g/mol. The molecule has 2 rings (SSSR count). The molecule has 0 radical (unpaired) electrons. The van der Waals surface area contributed by atoms with Crippen LogP contribution in [0.2, 0.25) is 5.82 Å². The molecule has 0 aromatic heterocycles. The van der Waals surface area contributed by atoms with Crippen LogP contribution in [0.5, 0.6) is 0 Å². The molecule has 0 amide bonds. The SMILES string of the molecule is CCCC=CC(CCC(=O)c1ccccc1)B1OC(=O)CN(C)CC(=O)O1. The van der Waals surface area contributed by atoms with Gasteiger partial charge in [0.15, 0.2) is 5.78 Å². The Balaban J connectivity index is 2.08. The van der Waals surface area contributed by atoms with Gasteiger partial charge in [0, 0.05) is 17.8 Å². The number of likely N-dealkylation sites (N-methyl/N-ethyl adjacent to an activating group) is 1. The number of carbonyl (C=O) groups is 3. The number of benzene rings is 1. The maximum absolute atomic E-state index is 12.4. The lowest BCUT2D eigenvalue weighted by atomic mass is 9.68. The van der Waals surface area contributed by atoms with Crippen LogP contribution in [0.25, 0.3) is 0 Å². The number of hydrogen-bond donors (Lipinski definition) is 0. The van der Waals surface area contributed by atoms with Crippen LogP contribution in [0, 0.1) is 0 Å². The van der Waals surface area contributed by atoms with Crippen LogP contribution in [0.15, 0.2) is 42.5 Å². The molecule has 0 bridgehead atoms. The lowest BCUT2D eigenvalue weighted by Gasteiger charge is -2.25. The Morgan fingerprint density at radius 2 is 1.81 bits per heavy atom. The lowest BCUT2D eigenvalue weighted by Crippen LogP contribution is -2.44. The minimum absolute atomic E-state index is 0.00715. The van der Waals surface area contributed by atoms with Gasteiger partial charge in [-0.3, -0.25) is 19.3 Å². The van der Waals surface area contributed by atoms with Crippen molar-refractivity contribution in [3.05, 3.63) is 48.0 Å². The van der Waals surface area contributed by atoms with Gasteiger partial charge in [-0.15, -0.1) is 0 Å². The Morgan fingerprint density at radius 3 is 2.41 bits per heavy atom. The van der Waals surface area contributed by atoms with Crippen molar-refractivity contribution >= 4 is 24.8 Å². The molecule has 1 aromatic rings. The molecule has 144 valence electrons. The van der Waals surface area contributed by atoms with E-state index in [0.29, 0.717) is 12.0 Å². The van der Waals surface area contributed by atoms with Gasteiger partial charge < -0.3 is 9.31 Å². The first kappa shape index (κ1) is 20.9. The van der Waals surface area contributed by atoms with Crippen molar-refractivity contribution in [3.63, 3.8) is 0 Å². The number of unbranched alkanes of at least 4 members (excludes halogenated alkanes) is 1. The van der Waals surface area contributed by atoms with E-state index in [1.807, 2.05) is 30.4 Å². The average Bonchev–Trinajstić information content (AvgIpc) is 2.63. The molecular formula is C20H26BNO5. The second-order valence-electron chi connectivity index (χ2n) is 6.73. The van der Waals surface area contributed by atoms with Gasteiger partial charge in [0.1, 0.15) is 0 Å². The largest absolute Gasteiger partial charge is 0.605 e. The minimum atomic E-state index is -1.00. The fraction of sp³-hybridized carbons (Fsp3) is 0.450. The zero-order valence-corrected chi connectivity index (χ0v) is 15.9. The number of Topliss-reactive ketones (excluding diaryl/α,β-unsaturated/α-hetero) is 1. The first-order valence-corrected chi connectivity index (χ1v) is 9.32. The molecule has 1 aliphatic heterocycles. The van der Waals surface area contributed by atoms with Crippen LogP contribution in [-0.4, -0.2) is 49.9 Å². The molecule has 0 saturated carbocycles. The predicted molar refractivity (Wildman–Crippen MR) is 103 cm³/mol. The molecule has 0 spiro atoms. The van der Waals surface area contributed by atoms with E-state index in [-0.39, 0.29) is 31.1 Å². The van der Waals surface area contributed by atoms with Gasteiger partial charge in [-0.05, 0) is 19.9 Å². The van der Waals surface area contributed by atoms with Crippen molar-refractivity contribution in [2.75, 3.05) is 20.1 Å². The first-order valence-electron chi connectivity index (χ1n) is 9.32. The fourth-order valence-corrected chi connectivity index (χ4v) is 2.86. The predicted octanol–water partition coefficient (Wildman–Crippen LogP) is 2.90. The van der Waals surface area contributed by atoms with E-state index < -0.39 is 19.1 Å². The van der Waals surface area contributed by atoms with Gasteiger partial charge >= 0.3 is 19.1 Å². The number of carbonyl (C=O) groups excluding carboxylic acids is 3. The highest BCUT2D eigenvalue weighted by atomic mass is 16.6. The van der Waals surface area contributed by atoms with E-state index in [0.717, 1.165) is 12.8 Å². The standard InChI is InChI=1S/C20H26BNO5/c1-3-4-6-11-17(12-13-18(23)16-9-7-5-8-10-16)21-26-19(24)14-22(2)15-20(25)27-21/h5-11,17H,3-4,12-15H2,1-2H3. The second kappa shape index (κ2) is 10.7. The summed E-state index contributed by atoms with van der Waals surface area (Å²) in [6.07, 6.45) is 6.40. The zero-order chi connectivity index (χ0) is 19.6. The average molecular weight is 371 g/mol. The molecule has 0 N–H and O–H groups in total. The van der Waals surface area contributed by atoms with Crippen LogP contribution in [0.4, 0.5) is 0 Å². The van der Waals surface area contributed by atoms with E-state index in [4.69, 9.17) is 9.31 Å². The second-order valence-corrected chi connectivity index (χ2v) is 6.73. The van der Waals surface area contributed by atoms with Crippen LogP contribution in [-0.2, 0) is 18.9 Å². The molecule has 1 fully saturated rings. The molecule has 1 heterocycles. The summed E-state index contributed by atoms with van der Waals surface area (Å²) in [5.41, 5.74) is 0.641. The van der Waals surface area contributed by atoms with E-state index in [1.54, 1.807) is 24.1 Å². The van der Waals surface area contributed by atoms with E-state index >= 15 is 0 Å². The van der Waals surface area contributed by atoms with Crippen molar-refractivity contribution in [1.29, 1.82) is 0 Å². The van der Waals surface area contributed by atoms with Gasteiger partial charge in [0.2, 0.25) is 0 Å². The molecule has 7 heteroatoms. The molecule has 0 aliphatic carbocycles. The Kier molecular flexibility index (Phi) is 8.26. The van der Waals surface area contributed by atoms with Gasteiger partial charge in [0.25, 0.3) is 0 Å². The number of rotatable bonds is 8. The van der Waals surface area contributed by atoms with Crippen molar-refractivity contribution in [1.82, 2.24) is 4.90 Å². The zero-order valence-electron chi connectivity index (χ0n) is 15.9. The van der Waals surface area contributed by atoms with Crippen LogP contribution in [0.3, 0.4) is 0 Å². The number of ketones is 1. The molecule has 1 aromatic carbocycles. The summed E-state index contributed by atoms with van der Waals surface area (Å²) in [5.74, 6) is -1.25. The van der Waals surface area contributed by atoms with Crippen LogP contribution in [0.1, 0.15) is 43.0 Å².